The van der Waals surface area contributed by atoms with E-state index in [1.165, 1.54) is 19.0 Å². The third-order valence-corrected chi connectivity index (χ3v) is 3.12. The number of hydrogen-bond acceptors (Lipinski definition) is 6. The predicted molar refractivity (Wildman–Crippen MR) is 61.9 cm³/mol. The van der Waals surface area contributed by atoms with Gasteiger partial charge in [0.05, 0.1) is 0 Å². The Morgan fingerprint density at radius 2 is 1.06 bits per heavy atom. The molecule has 0 aromatic carbocycles. The highest BCUT2D eigenvalue weighted by molar-refractivity contribution is 6.36. The Bertz CT molecular complexity index is 188. The van der Waals surface area contributed by atoms with E-state index in [9.17, 15) is 0 Å². The van der Waals surface area contributed by atoms with Crippen LogP contribution in [0.4, 0.5) is 0 Å². The topological polar surface area (TPSA) is 66.4 Å². The number of nitrogens with zero attached hydrogens (tertiary/aromatic N) is 3. The molecule has 1 aromatic rings. The lowest BCUT2D eigenvalue weighted by atomic mass is 10.9. The standard InChI is InChI=1S/C6H16O3Si.C3H3N3/c1-4-7-10(8-5-2)9-6-3;1-4-2-6-3-5-1/h10H,4-6H2,1-3H3;1-3H. The smallest absolute Gasteiger partial charge is 0.376 e. The van der Waals surface area contributed by atoms with Gasteiger partial charge >= 0.3 is 9.53 Å². The van der Waals surface area contributed by atoms with Crippen LogP contribution in [0.2, 0.25) is 0 Å². The highest BCUT2D eigenvalue weighted by Gasteiger charge is 2.11. The molecule has 92 valence electrons. The molecule has 0 radical (unpaired) electrons. The Balaban J connectivity index is 0.000000315. The van der Waals surface area contributed by atoms with Gasteiger partial charge in [0.15, 0.2) is 0 Å². The summed E-state index contributed by atoms with van der Waals surface area (Å²) in [6.07, 6.45) is 4.31. The minimum absolute atomic E-state index is 0.677. The summed E-state index contributed by atoms with van der Waals surface area (Å²) in [6.45, 7) is 7.86. The summed E-state index contributed by atoms with van der Waals surface area (Å²) < 4.78 is 15.7. The molecular weight excluding hydrogens is 226 g/mol. The quantitative estimate of drug-likeness (QED) is 0.687. The molecule has 0 unspecified atom stereocenters. The fourth-order valence-electron chi connectivity index (χ4n) is 0.757. The van der Waals surface area contributed by atoms with Crippen LogP contribution in [0.5, 0.6) is 0 Å². The molecule has 0 aliphatic rings. The SMILES string of the molecule is CCO[SiH](OCC)OCC.c1ncncn1. The van der Waals surface area contributed by atoms with Crippen molar-refractivity contribution in [2.24, 2.45) is 0 Å². The Kier molecular flexibility index (Phi) is 11.5. The van der Waals surface area contributed by atoms with Gasteiger partial charge in [0.25, 0.3) is 0 Å². The molecule has 0 aliphatic heterocycles. The van der Waals surface area contributed by atoms with Crippen LogP contribution in [0.15, 0.2) is 19.0 Å². The van der Waals surface area contributed by atoms with Gasteiger partial charge in [-0.3, -0.25) is 0 Å². The minimum Gasteiger partial charge on any atom is -0.376 e. The normalized spacial score (nSPS) is 9.75. The average molecular weight is 245 g/mol. The Hall–Kier alpha value is -0.893. The summed E-state index contributed by atoms with van der Waals surface area (Å²) in [5.41, 5.74) is 0. The minimum atomic E-state index is -1.73. The maximum Gasteiger partial charge on any atom is 0.484 e. The Morgan fingerprint density at radius 1 is 0.750 bits per heavy atom. The fraction of sp³-hybridized carbons (Fsp3) is 0.667. The van der Waals surface area contributed by atoms with Crippen molar-refractivity contribution >= 4 is 9.53 Å². The van der Waals surface area contributed by atoms with Gasteiger partial charge in [0.2, 0.25) is 0 Å². The summed E-state index contributed by atoms with van der Waals surface area (Å²) >= 11 is 0. The van der Waals surface area contributed by atoms with Gasteiger partial charge in [0, 0.05) is 19.8 Å². The summed E-state index contributed by atoms with van der Waals surface area (Å²) in [4.78, 5) is 10.7. The van der Waals surface area contributed by atoms with Gasteiger partial charge in [-0.15, -0.1) is 0 Å². The third kappa shape index (κ3) is 9.65. The summed E-state index contributed by atoms with van der Waals surface area (Å²) in [6, 6.07) is 0. The van der Waals surface area contributed by atoms with Crippen molar-refractivity contribution in [1.82, 2.24) is 15.0 Å². The van der Waals surface area contributed by atoms with Gasteiger partial charge in [0.1, 0.15) is 19.0 Å². The third-order valence-electron chi connectivity index (χ3n) is 1.31. The highest BCUT2D eigenvalue weighted by Crippen LogP contribution is 1.91. The van der Waals surface area contributed by atoms with Gasteiger partial charge < -0.3 is 13.3 Å². The molecule has 6 nitrogen and oxygen atoms in total. The first-order valence-electron chi connectivity index (χ1n) is 5.24. The van der Waals surface area contributed by atoms with Crippen molar-refractivity contribution < 1.29 is 13.3 Å². The average Bonchev–Trinajstić information content (AvgIpc) is 2.33. The monoisotopic (exact) mass is 245 g/mol. The molecule has 0 saturated heterocycles. The fourth-order valence-corrected chi connectivity index (χ4v) is 1.86. The van der Waals surface area contributed by atoms with Crippen molar-refractivity contribution in [3.8, 4) is 0 Å². The van der Waals surface area contributed by atoms with Crippen molar-refractivity contribution in [3.05, 3.63) is 19.0 Å². The lowest BCUT2D eigenvalue weighted by Gasteiger charge is -2.12. The second-order valence-corrected chi connectivity index (χ2v) is 4.03. The molecule has 0 aliphatic carbocycles. The molecule has 1 rings (SSSR count). The van der Waals surface area contributed by atoms with E-state index >= 15 is 0 Å². The van der Waals surface area contributed by atoms with Crippen LogP contribution in [0.3, 0.4) is 0 Å². The summed E-state index contributed by atoms with van der Waals surface area (Å²) in [5.74, 6) is 0. The summed E-state index contributed by atoms with van der Waals surface area (Å²) in [7, 11) is -1.73. The van der Waals surface area contributed by atoms with Gasteiger partial charge in [-0.1, -0.05) is 0 Å². The van der Waals surface area contributed by atoms with Crippen molar-refractivity contribution in [2.45, 2.75) is 20.8 Å². The van der Waals surface area contributed by atoms with Crippen molar-refractivity contribution in [2.75, 3.05) is 19.8 Å². The first-order valence-corrected chi connectivity index (χ1v) is 6.66. The maximum absolute atomic E-state index is 5.22. The predicted octanol–water partition coefficient (Wildman–Crippen LogP) is 0.685. The molecular formula is C9H19N3O3Si. The molecule has 0 N–H and O–H groups in total. The molecule has 1 heterocycles. The van der Waals surface area contributed by atoms with Crippen molar-refractivity contribution in [1.29, 1.82) is 0 Å². The van der Waals surface area contributed by atoms with E-state index in [1.807, 2.05) is 20.8 Å². The second-order valence-electron chi connectivity index (χ2n) is 2.45. The maximum atomic E-state index is 5.22. The zero-order valence-electron chi connectivity index (χ0n) is 10.00. The van der Waals surface area contributed by atoms with E-state index in [4.69, 9.17) is 13.3 Å². The largest absolute Gasteiger partial charge is 0.484 e. The Labute approximate surface area is 98.0 Å². The second kappa shape index (κ2) is 12.2. The van der Waals surface area contributed by atoms with E-state index in [2.05, 4.69) is 15.0 Å². The first-order chi connectivity index (χ1) is 7.85. The van der Waals surface area contributed by atoms with Crippen LogP contribution in [0.25, 0.3) is 0 Å². The lowest BCUT2D eigenvalue weighted by molar-refractivity contribution is 0.107. The van der Waals surface area contributed by atoms with Crippen LogP contribution >= 0.6 is 0 Å². The van der Waals surface area contributed by atoms with Gasteiger partial charge in [-0.05, 0) is 20.8 Å². The Morgan fingerprint density at radius 3 is 1.25 bits per heavy atom. The zero-order chi connectivity index (χ0) is 12.1. The van der Waals surface area contributed by atoms with E-state index < -0.39 is 9.53 Å². The highest BCUT2D eigenvalue weighted by atomic mass is 28.3. The molecule has 0 saturated carbocycles. The van der Waals surface area contributed by atoms with Crippen LogP contribution in [0, 0.1) is 0 Å². The number of aromatic nitrogens is 3. The molecule has 0 bridgehead atoms. The lowest BCUT2D eigenvalue weighted by Crippen LogP contribution is -2.27. The van der Waals surface area contributed by atoms with Crippen molar-refractivity contribution in [3.63, 3.8) is 0 Å². The molecule has 0 atom stereocenters. The zero-order valence-corrected chi connectivity index (χ0v) is 11.2. The number of rotatable bonds is 6. The molecule has 0 spiro atoms. The van der Waals surface area contributed by atoms with Crippen LogP contribution < -0.4 is 0 Å². The van der Waals surface area contributed by atoms with E-state index in [0.717, 1.165) is 0 Å². The molecule has 0 fully saturated rings. The first kappa shape index (κ1) is 15.1. The molecule has 16 heavy (non-hydrogen) atoms. The molecule has 0 amide bonds. The van der Waals surface area contributed by atoms with Crippen LogP contribution in [0.1, 0.15) is 20.8 Å². The molecule has 7 heteroatoms. The van der Waals surface area contributed by atoms with Crippen LogP contribution in [-0.2, 0) is 13.3 Å². The van der Waals surface area contributed by atoms with Crippen LogP contribution in [-0.4, -0.2) is 44.3 Å². The summed E-state index contributed by atoms with van der Waals surface area (Å²) in [5, 5.41) is 0. The number of hydrogen-bond donors (Lipinski definition) is 0. The van der Waals surface area contributed by atoms with Gasteiger partial charge in [-0.25, -0.2) is 15.0 Å². The van der Waals surface area contributed by atoms with E-state index in [1.54, 1.807) is 0 Å². The van der Waals surface area contributed by atoms with Gasteiger partial charge in [-0.2, -0.15) is 0 Å². The van der Waals surface area contributed by atoms with E-state index in [-0.39, 0.29) is 0 Å². The van der Waals surface area contributed by atoms with E-state index in [0.29, 0.717) is 19.8 Å². The molecule has 1 aromatic heterocycles.